The monoisotopic (exact) mass is 708 g/mol. The molecule has 9 rings (SSSR count). The molecule has 0 saturated carbocycles. The largest absolute Gasteiger partial charge is 0.488 e. The zero-order chi connectivity index (χ0) is 35.9. The summed E-state index contributed by atoms with van der Waals surface area (Å²) in [5.74, 6) is 0.797. The number of ether oxygens (including phenoxy) is 3. The number of aromatic nitrogens is 6. The van der Waals surface area contributed by atoms with E-state index < -0.39 is 12.1 Å². The van der Waals surface area contributed by atoms with Gasteiger partial charge in [-0.3, -0.25) is 9.36 Å². The fourth-order valence-electron chi connectivity index (χ4n) is 6.96. The maximum absolute atomic E-state index is 15.7. The van der Waals surface area contributed by atoms with Crippen LogP contribution in [0, 0.1) is 5.82 Å². The summed E-state index contributed by atoms with van der Waals surface area (Å²) < 4.78 is 36.7. The molecule has 1 fully saturated rings. The molecule has 4 aromatic heterocycles. The number of imidazole rings is 1. The summed E-state index contributed by atoms with van der Waals surface area (Å²) in [5.41, 5.74) is 12.2. The Balaban J connectivity index is 1.02. The molecule has 1 aliphatic heterocycles. The molecule has 0 spiro atoms. The van der Waals surface area contributed by atoms with Crippen LogP contribution in [0.25, 0.3) is 34.1 Å². The number of nitrogen functional groups attached to an aromatic ring is 1. The quantitative estimate of drug-likeness (QED) is 0.173. The molecule has 3 N–H and O–H groups in total. The van der Waals surface area contributed by atoms with Gasteiger partial charge in [0.05, 0.1) is 30.4 Å². The highest BCUT2D eigenvalue weighted by atomic mass is 19.1. The van der Waals surface area contributed by atoms with E-state index in [9.17, 15) is 4.79 Å². The number of fused-ring (bicyclic) bond motifs is 2. The minimum atomic E-state index is -0.621. The van der Waals surface area contributed by atoms with E-state index in [1.807, 2.05) is 48.5 Å². The first-order chi connectivity index (χ1) is 26.0. The first kappa shape index (κ1) is 32.5. The number of rotatable bonds is 9. The molecule has 264 valence electrons. The van der Waals surface area contributed by atoms with Crippen molar-refractivity contribution in [3.63, 3.8) is 0 Å². The Morgan fingerprint density at radius 2 is 1.81 bits per heavy atom. The number of hydrogen-bond acceptors (Lipinski definition) is 9. The van der Waals surface area contributed by atoms with Crippen LogP contribution < -0.4 is 15.8 Å². The molecule has 0 bridgehead atoms. The zero-order valence-electron chi connectivity index (χ0n) is 28.4. The van der Waals surface area contributed by atoms with Gasteiger partial charge in [-0.15, -0.1) is 0 Å². The summed E-state index contributed by atoms with van der Waals surface area (Å²) in [6.45, 7) is 1.29. The van der Waals surface area contributed by atoms with Gasteiger partial charge >= 0.3 is 0 Å². The van der Waals surface area contributed by atoms with E-state index in [0.29, 0.717) is 78.1 Å². The molecule has 1 amide bonds. The number of carbonyl (C=O) groups excluding carboxylic acids is 1. The van der Waals surface area contributed by atoms with Crippen LogP contribution in [-0.2, 0) is 22.5 Å². The Kier molecular flexibility index (Phi) is 8.33. The molecule has 13 heteroatoms. The number of aryl methyl sites for hydroxylation is 1. The second-order valence-corrected chi connectivity index (χ2v) is 12.8. The van der Waals surface area contributed by atoms with Crippen molar-refractivity contribution >= 4 is 22.9 Å². The number of nitrogens with one attached hydrogen (secondary N) is 1. The Morgan fingerprint density at radius 3 is 2.62 bits per heavy atom. The van der Waals surface area contributed by atoms with Crippen LogP contribution in [-0.4, -0.2) is 48.4 Å². The van der Waals surface area contributed by atoms with Gasteiger partial charge in [-0.2, -0.15) is 5.10 Å². The predicted octanol–water partition coefficient (Wildman–Crippen LogP) is 6.43. The standard InChI is InChI=1S/C40H33FN8O4/c41-31-22-34(48-17-5-16-44-48)46-38-35(31)47-37(29-8-4-15-43-36(29)42)49(38)27-11-12-28-25(20-27)9-13-32(28)45-39(50)26-10-14-33(30(21-26)40-51-18-19-52-40)53-23-24-6-2-1-3-7-24/h1-8,10-12,14-17,20-22,32,40H,9,13,18-19,23H2,(H2,42,43)(H,45,50)/t32-/m0/s1. The van der Waals surface area contributed by atoms with Gasteiger partial charge in [0.1, 0.15) is 23.7 Å². The average Bonchev–Trinajstić information content (AvgIpc) is 4.02. The SMILES string of the molecule is Nc1ncccc1-c1nc2c(F)cc(-n3cccn3)nc2n1-c1ccc2c(c1)CC[C@@H]2NC(=O)c1ccc(OCc2ccccc2)c(C2OCCO2)c1. The van der Waals surface area contributed by atoms with Crippen LogP contribution in [0.1, 0.15) is 51.4 Å². The second kappa shape index (κ2) is 13.6. The molecule has 5 heterocycles. The van der Waals surface area contributed by atoms with Crippen LogP contribution in [0.5, 0.6) is 5.75 Å². The van der Waals surface area contributed by atoms with Gasteiger partial charge in [0, 0.05) is 35.9 Å². The highest BCUT2D eigenvalue weighted by Gasteiger charge is 2.29. The van der Waals surface area contributed by atoms with Crippen molar-refractivity contribution in [3.05, 3.63) is 143 Å². The molecule has 2 aliphatic rings. The highest BCUT2D eigenvalue weighted by molar-refractivity contribution is 5.95. The lowest BCUT2D eigenvalue weighted by molar-refractivity contribution is -0.0459. The Morgan fingerprint density at radius 1 is 0.943 bits per heavy atom. The third-order valence-corrected chi connectivity index (χ3v) is 9.53. The maximum Gasteiger partial charge on any atom is 0.251 e. The van der Waals surface area contributed by atoms with Crippen molar-refractivity contribution in [1.29, 1.82) is 0 Å². The summed E-state index contributed by atoms with van der Waals surface area (Å²) in [6, 6.07) is 27.5. The van der Waals surface area contributed by atoms with Crippen molar-refractivity contribution in [2.45, 2.75) is 31.8 Å². The number of hydrogen-bond donors (Lipinski definition) is 2. The van der Waals surface area contributed by atoms with Gasteiger partial charge in [-0.1, -0.05) is 36.4 Å². The second-order valence-electron chi connectivity index (χ2n) is 12.8. The number of nitrogens with zero attached hydrogens (tertiary/aromatic N) is 6. The molecule has 0 radical (unpaired) electrons. The number of amides is 1. The van der Waals surface area contributed by atoms with E-state index in [1.54, 1.807) is 59.6 Å². The maximum atomic E-state index is 15.7. The molecule has 1 aliphatic carbocycles. The zero-order valence-corrected chi connectivity index (χ0v) is 28.4. The van der Waals surface area contributed by atoms with Crippen LogP contribution in [0.15, 0.2) is 110 Å². The average molecular weight is 709 g/mol. The highest BCUT2D eigenvalue weighted by Crippen LogP contribution is 2.37. The number of pyridine rings is 2. The van der Waals surface area contributed by atoms with Crippen LogP contribution >= 0.6 is 0 Å². The van der Waals surface area contributed by atoms with Crippen molar-refractivity contribution in [2.24, 2.45) is 0 Å². The molecular formula is C40H33FN8O4. The summed E-state index contributed by atoms with van der Waals surface area (Å²) >= 11 is 0. The van der Waals surface area contributed by atoms with E-state index in [0.717, 1.165) is 16.7 Å². The van der Waals surface area contributed by atoms with Gasteiger partial charge in [-0.25, -0.2) is 24.0 Å². The van der Waals surface area contributed by atoms with Gasteiger partial charge in [0.25, 0.3) is 5.91 Å². The number of halogens is 1. The summed E-state index contributed by atoms with van der Waals surface area (Å²) in [4.78, 5) is 27.5. The van der Waals surface area contributed by atoms with E-state index in [2.05, 4.69) is 20.4 Å². The third-order valence-electron chi connectivity index (χ3n) is 9.53. The number of carbonyl (C=O) groups is 1. The topological polar surface area (TPSA) is 144 Å². The molecule has 1 saturated heterocycles. The van der Waals surface area contributed by atoms with E-state index in [1.165, 1.54) is 10.7 Å². The first-order valence-corrected chi connectivity index (χ1v) is 17.3. The van der Waals surface area contributed by atoms with E-state index in [-0.39, 0.29) is 23.3 Å². The summed E-state index contributed by atoms with van der Waals surface area (Å²) in [6.07, 6.45) is 5.69. The van der Waals surface area contributed by atoms with Crippen molar-refractivity contribution in [1.82, 2.24) is 34.6 Å². The van der Waals surface area contributed by atoms with Gasteiger partial charge in [-0.05, 0) is 78.1 Å². The van der Waals surface area contributed by atoms with Crippen molar-refractivity contribution in [3.8, 4) is 28.6 Å². The van der Waals surface area contributed by atoms with Crippen molar-refractivity contribution < 1.29 is 23.4 Å². The predicted molar refractivity (Wildman–Crippen MR) is 194 cm³/mol. The molecular weight excluding hydrogens is 675 g/mol. The molecule has 3 aromatic carbocycles. The Labute approximate surface area is 303 Å². The normalized spacial score (nSPS) is 15.5. The van der Waals surface area contributed by atoms with E-state index >= 15 is 4.39 Å². The summed E-state index contributed by atoms with van der Waals surface area (Å²) in [5, 5.41) is 7.47. The van der Waals surface area contributed by atoms with Gasteiger partial charge < -0.3 is 25.3 Å². The molecule has 12 nitrogen and oxygen atoms in total. The minimum Gasteiger partial charge on any atom is -0.488 e. The van der Waals surface area contributed by atoms with E-state index in [4.69, 9.17) is 24.9 Å². The van der Waals surface area contributed by atoms with Crippen molar-refractivity contribution in [2.75, 3.05) is 18.9 Å². The molecule has 7 aromatic rings. The smallest absolute Gasteiger partial charge is 0.251 e. The third kappa shape index (κ3) is 6.15. The molecule has 53 heavy (non-hydrogen) atoms. The lowest BCUT2D eigenvalue weighted by Gasteiger charge is -2.19. The lowest BCUT2D eigenvalue weighted by Crippen LogP contribution is -2.27. The van der Waals surface area contributed by atoms with Gasteiger partial charge in [0.15, 0.2) is 29.4 Å². The fourth-order valence-corrected chi connectivity index (χ4v) is 6.96. The van der Waals surface area contributed by atoms with Crippen LogP contribution in [0.3, 0.4) is 0 Å². The van der Waals surface area contributed by atoms with Crippen LogP contribution in [0.2, 0.25) is 0 Å². The minimum absolute atomic E-state index is 0.0917. The Hall–Kier alpha value is -6.44. The Bertz CT molecular complexity index is 2460. The number of benzene rings is 3. The lowest BCUT2D eigenvalue weighted by atomic mass is 10.1. The first-order valence-electron chi connectivity index (χ1n) is 17.3. The van der Waals surface area contributed by atoms with Crippen LogP contribution in [0.4, 0.5) is 10.2 Å². The fraction of sp³-hybridized carbons (Fsp3) is 0.175. The van der Waals surface area contributed by atoms with Gasteiger partial charge in [0.2, 0.25) is 0 Å². The summed E-state index contributed by atoms with van der Waals surface area (Å²) in [7, 11) is 0. The molecule has 0 unspecified atom stereocenters. The number of anilines is 1. The molecule has 1 atom stereocenters. The number of nitrogens with two attached hydrogens (primary N) is 1.